The Hall–Kier alpha value is -2.44. The van der Waals surface area contributed by atoms with Gasteiger partial charge in [-0.2, -0.15) is 5.10 Å². The van der Waals surface area contributed by atoms with Crippen LogP contribution in [0.2, 0.25) is 0 Å². The maximum Gasteiger partial charge on any atom is 0.340 e. The highest BCUT2D eigenvalue weighted by Crippen LogP contribution is 2.24. The van der Waals surface area contributed by atoms with Gasteiger partial charge >= 0.3 is 5.97 Å². The smallest absolute Gasteiger partial charge is 0.340 e. The zero-order chi connectivity index (χ0) is 13.3. The van der Waals surface area contributed by atoms with E-state index in [9.17, 15) is 13.6 Å². The number of carbonyl (C=O) groups excluding carboxylic acids is 1. The van der Waals surface area contributed by atoms with Crippen LogP contribution in [0.1, 0.15) is 10.4 Å². The normalized spacial score (nSPS) is 10.4. The average molecular weight is 253 g/mol. The zero-order valence-electron chi connectivity index (χ0n) is 9.33. The molecule has 0 atom stereocenters. The monoisotopic (exact) mass is 253 g/mol. The number of nitrogens with two attached hydrogens (primary N) is 1. The molecule has 2 aromatic rings. The van der Waals surface area contributed by atoms with Crippen LogP contribution in [0, 0.1) is 11.6 Å². The lowest BCUT2D eigenvalue weighted by Crippen LogP contribution is -2.06. The number of aromatic amines is 1. The lowest BCUT2D eigenvalue weighted by Gasteiger charge is -2.05. The molecule has 2 rings (SSSR count). The van der Waals surface area contributed by atoms with E-state index in [1.165, 1.54) is 6.07 Å². The van der Waals surface area contributed by atoms with Gasteiger partial charge in [-0.1, -0.05) is 0 Å². The molecule has 0 unspecified atom stereocenters. The highest BCUT2D eigenvalue weighted by Gasteiger charge is 2.18. The number of esters is 1. The second-order valence-corrected chi connectivity index (χ2v) is 3.52. The molecular formula is C11H9F2N3O2. The number of nitrogens with zero attached hydrogens (tertiary/aromatic N) is 1. The van der Waals surface area contributed by atoms with E-state index in [0.717, 1.165) is 19.2 Å². The number of rotatable bonds is 2. The van der Waals surface area contributed by atoms with E-state index in [1.54, 1.807) is 0 Å². The van der Waals surface area contributed by atoms with Gasteiger partial charge in [0.25, 0.3) is 0 Å². The van der Waals surface area contributed by atoms with Crippen LogP contribution in [0.3, 0.4) is 0 Å². The van der Waals surface area contributed by atoms with Crippen molar-refractivity contribution in [3.8, 4) is 11.3 Å². The summed E-state index contributed by atoms with van der Waals surface area (Å²) in [6.07, 6.45) is 0. The summed E-state index contributed by atoms with van der Waals surface area (Å²) in [4.78, 5) is 11.3. The van der Waals surface area contributed by atoms with Crippen molar-refractivity contribution >= 4 is 11.8 Å². The van der Waals surface area contributed by atoms with Crippen molar-refractivity contribution in [3.63, 3.8) is 0 Å². The molecule has 0 spiro atoms. The fourth-order valence-corrected chi connectivity index (χ4v) is 1.49. The molecule has 0 aliphatic rings. The molecule has 7 heteroatoms. The summed E-state index contributed by atoms with van der Waals surface area (Å²) in [5.74, 6) is -3.16. The Kier molecular flexibility index (Phi) is 2.97. The van der Waals surface area contributed by atoms with Crippen molar-refractivity contribution in [1.82, 2.24) is 10.2 Å². The first-order valence-corrected chi connectivity index (χ1v) is 4.91. The van der Waals surface area contributed by atoms with E-state index >= 15 is 0 Å². The van der Waals surface area contributed by atoms with Gasteiger partial charge in [-0.15, -0.1) is 0 Å². The Morgan fingerprint density at radius 3 is 2.67 bits per heavy atom. The topological polar surface area (TPSA) is 81.0 Å². The summed E-state index contributed by atoms with van der Waals surface area (Å²) < 4.78 is 31.2. The Labute approximate surface area is 101 Å². The third-order valence-corrected chi connectivity index (χ3v) is 2.34. The van der Waals surface area contributed by atoms with Crippen LogP contribution in [0.15, 0.2) is 18.2 Å². The molecule has 0 aliphatic carbocycles. The number of benzene rings is 1. The number of aromatic nitrogens is 2. The van der Waals surface area contributed by atoms with Crippen molar-refractivity contribution in [2.45, 2.75) is 0 Å². The molecule has 94 valence electrons. The Balaban J connectivity index is 2.57. The minimum atomic E-state index is -1.25. The SMILES string of the molecule is COC(=O)c1cc(-c2cc(N)n[nH]2)cc(F)c1F. The van der Waals surface area contributed by atoms with Gasteiger partial charge in [0.05, 0.1) is 18.4 Å². The van der Waals surface area contributed by atoms with Crippen molar-refractivity contribution in [2.24, 2.45) is 0 Å². The van der Waals surface area contributed by atoms with E-state index in [4.69, 9.17) is 5.73 Å². The quantitative estimate of drug-likeness (QED) is 0.798. The van der Waals surface area contributed by atoms with Crippen LogP contribution in [-0.2, 0) is 4.74 Å². The molecule has 0 radical (unpaired) electrons. The van der Waals surface area contributed by atoms with Crippen LogP contribution in [0.25, 0.3) is 11.3 Å². The fraction of sp³-hybridized carbons (Fsp3) is 0.0909. The van der Waals surface area contributed by atoms with Gasteiger partial charge in [0.2, 0.25) is 0 Å². The number of ether oxygens (including phenoxy) is 1. The third kappa shape index (κ3) is 2.02. The van der Waals surface area contributed by atoms with Gasteiger partial charge in [-0.05, 0) is 12.1 Å². The first-order chi connectivity index (χ1) is 8.52. The number of hydrogen-bond acceptors (Lipinski definition) is 4. The highest BCUT2D eigenvalue weighted by molar-refractivity contribution is 5.91. The number of anilines is 1. The zero-order valence-corrected chi connectivity index (χ0v) is 9.33. The first kappa shape index (κ1) is 12.0. The molecule has 3 N–H and O–H groups in total. The summed E-state index contributed by atoms with van der Waals surface area (Å²) in [5.41, 5.74) is 5.54. The molecular weight excluding hydrogens is 244 g/mol. The molecule has 0 saturated carbocycles. The van der Waals surface area contributed by atoms with E-state index in [2.05, 4.69) is 14.9 Å². The highest BCUT2D eigenvalue weighted by atomic mass is 19.2. The lowest BCUT2D eigenvalue weighted by molar-refractivity contribution is 0.0594. The van der Waals surface area contributed by atoms with Crippen LogP contribution in [0.5, 0.6) is 0 Å². The number of H-pyrrole nitrogens is 1. The number of hydrogen-bond donors (Lipinski definition) is 2. The Morgan fingerprint density at radius 2 is 2.11 bits per heavy atom. The summed E-state index contributed by atoms with van der Waals surface area (Å²) in [6, 6.07) is 3.54. The second-order valence-electron chi connectivity index (χ2n) is 3.52. The number of nitrogen functional groups attached to an aromatic ring is 1. The minimum absolute atomic E-state index is 0.203. The number of halogens is 2. The van der Waals surface area contributed by atoms with Gasteiger partial charge in [0.1, 0.15) is 5.82 Å². The average Bonchev–Trinajstić information content (AvgIpc) is 2.78. The summed E-state index contributed by atoms with van der Waals surface area (Å²) in [5, 5.41) is 6.20. The minimum Gasteiger partial charge on any atom is -0.465 e. The lowest BCUT2D eigenvalue weighted by atomic mass is 10.1. The number of nitrogens with one attached hydrogen (secondary N) is 1. The van der Waals surface area contributed by atoms with E-state index in [0.29, 0.717) is 5.69 Å². The molecule has 0 bridgehead atoms. The molecule has 0 aliphatic heterocycles. The van der Waals surface area contributed by atoms with Crippen molar-refractivity contribution in [2.75, 3.05) is 12.8 Å². The van der Waals surface area contributed by atoms with Gasteiger partial charge in [0.15, 0.2) is 11.6 Å². The summed E-state index contributed by atoms with van der Waals surface area (Å²) in [7, 11) is 1.08. The van der Waals surface area contributed by atoms with E-state index in [-0.39, 0.29) is 11.4 Å². The predicted octanol–water partition coefficient (Wildman–Crippen LogP) is 1.72. The Morgan fingerprint density at radius 1 is 1.39 bits per heavy atom. The van der Waals surface area contributed by atoms with Gasteiger partial charge in [-0.25, -0.2) is 13.6 Å². The molecule has 18 heavy (non-hydrogen) atoms. The molecule has 1 aromatic heterocycles. The maximum absolute atomic E-state index is 13.4. The van der Waals surface area contributed by atoms with Crippen LogP contribution in [0.4, 0.5) is 14.6 Å². The standard InChI is InChI=1S/C11H9F2N3O2/c1-18-11(17)6-2-5(3-7(12)10(6)13)8-4-9(14)16-15-8/h2-4H,1H3,(H3,14,15,16). The van der Waals surface area contributed by atoms with Crippen molar-refractivity contribution in [1.29, 1.82) is 0 Å². The first-order valence-electron chi connectivity index (χ1n) is 4.91. The van der Waals surface area contributed by atoms with Crippen molar-refractivity contribution < 1.29 is 18.3 Å². The summed E-state index contributed by atoms with van der Waals surface area (Å²) >= 11 is 0. The Bertz CT molecular complexity index is 610. The van der Waals surface area contributed by atoms with Crippen molar-refractivity contribution in [3.05, 3.63) is 35.4 Å². The number of carbonyl (C=O) groups is 1. The molecule has 0 fully saturated rings. The molecule has 0 amide bonds. The van der Waals surface area contributed by atoms with Gasteiger partial charge in [-0.3, -0.25) is 5.10 Å². The van der Waals surface area contributed by atoms with Crippen LogP contribution < -0.4 is 5.73 Å². The van der Waals surface area contributed by atoms with E-state index in [1.807, 2.05) is 0 Å². The van der Waals surface area contributed by atoms with E-state index < -0.39 is 23.2 Å². The second kappa shape index (κ2) is 4.44. The largest absolute Gasteiger partial charge is 0.465 e. The molecule has 5 nitrogen and oxygen atoms in total. The maximum atomic E-state index is 13.4. The predicted molar refractivity (Wildman–Crippen MR) is 59.7 cm³/mol. The third-order valence-electron chi connectivity index (χ3n) is 2.34. The molecule has 0 saturated heterocycles. The fourth-order valence-electron chi connectivity index (χ4n) is 1.49. The molecule has 1 heterocycles. The van der Waals surface area contributed by atoms with Gasteiger partial charge < -0.3 is 10.5 Å². The summed E-state index contributed by atoms with van der Waals surface area (Å²) in [6.45, 7) is 0. The number of methoxy groups -OCH3 is 1. The van der Waals surface area contributed by atoms with Crippen LogP contribution in [-0.4, -0.2) is 23.3 Å². The van der Waals surface area contributed by atoms with Crippen LogP contribution >= 0.6 is 0 Å². The van der Waals surface area contributed by atoms with Gasteiger partial charge in [0, 0.05) is 11.6 Å². The molecule has 1 aromatic carbocycles.